The third kappa shape index (κ3) is 3.51. The Bertz CT molecular complexity index is 1310. The van der Waals surface area contributed by atoms with Crippen molar-refractivity contribution >= 4 is 22.5 Å². The van der Waals surface area contributed by atoms with E-state index in [0.717, 1.165) is 28.7 Å². The molecule has 0 aliphatic carbocycles. The van der Waals surface area contributed by atoms with Crippen LogP contribution in [0.3, 0.4) is 0 Å². The van der Waals surface area contributed by atoms with Crippen LogP contribution >= 0.6 is 0 Å². The van der Waals surface area contributed by atoms with Gasteiger partial charge in [0.25, 0.3) is 5.91 Å². The second-order valence-electron chi connectivity index (χ2n) is 9.19. The van der Waals surface area contributed by atoms with Gasteiger partial charge in [-0.05, 0) is 44.9 Å². The van der Waals surface area contributed by atoms with Crippen molar-refractivity contribution in [3.05, 3.63) is 78.3 Å². The Balaban J connectivity index is 1.45. The number of nitrogens with one attached hydrogen (secondary N) is 1. The summed E-state index contributed by atoms with van der Waals surface area (Å²) in [5.74, 6) is 0.0234. The number of aromatic nitrogens is 4. The van der Waals surface area contributed by atoms with Crippen molar-refractivity contribution in [2.24, 2.45) is 0 Å². The van der Waals surface area contributed by atoms with Crippen molar-refractivity contribution < 1.29 is 4.79 Å². The van der Waals surface area contributed by atoms with Gasteiger partial charge in [-0.25, -0.2) is 4.98 Å². The SMILES string of the molecule is CC(C)(C)n1ncc(C(=O)N2CC=C(c3c[nH]c4ncccc34)CC2)c1-c1ccccc1. The quantitative estimate of drug-likeness (QED) is 0.496. The molecule has 32 heavy (non-hydrogen) atoms. The van der Waals surface area contributed by atoms with Crippen LogP contribution in [0.25, 0.3) is 27.9 Å². The van der Waals surface area contributed by atoms with Crippen molar-refractivity contribution in [3.63, 3.8) is 0 Å². The lowest BCUT2D eigenvalue weighted by atomic mass is 9.98. The molecule has 4 heterocycles. The van der Waals surface area contributed by atoms with Crippen LogP contribution in [0.15, 0.2) is 67.1 Å². The summed E-state index contributed by atoms with van der Waals surface area (Å²) in [7, 11) is 0. The van der Waals surface area contributed by atoms with Gasteiger partial charge in [0.2, 0.25) is 0 Å². The Morgan fingerprint density at radius 2 is 1.91 bits per heavy atom. The number of hydrogen-bond acceptors (Lipinski definition) is 3. The number of pyridine rings is 1. The zero-order chi connectivity index (χ0) is 22.3. The second-order valence-corrected chi connectivity index (χ2v) is 9.19. The smallest absolute Gasteiger partial charge is 0.257 e. The summed E-state index contributed by atoms with van der Waals surface area (Å²) in [6.45, 7) is 7.56. The summed E-state index contributed by atoms with van der Waals surface area (Å²) in [6, 6.07) is 14.1. The van der Waals surface area contributed by atoms with Gasteiger partial charge in [-0.2, -0.15) is 5.10 Å². The molecule has 5 rings (SSSR count). The average Bonchev–Trinajstić information content (AvgIpc) is 3.44. The van der Waals surface area contributed by atoms with Gasteiger partial charge in [0.05, 0.1) is 23.0 Å². The molecule has 0 bridgehead atoms. The highest BCUT2D eigenvalue weighted by molar-refractivity contribution is 6.00. The number of carbonyl (C=O) groups excluding carboxylic acids is 1. The highest BCUT2D eigenvalue weighted by Crippen LogP contribution is 2.32. The third-order valence-electron chi connectivity index (χ3n) is 5.98. The average molecular weight is 426 g/mol. The Morgan fingerprint density at radius 3 is 2.62 bits per heavy atom. The van der Waals surface area contributed by atoms with E-state index < -0.39 is 0 Å². The number of amides is 1. The fourth-order valence-electron chi connectivity index (χ4n) is 4.38. The third-order valence-corrected chi connectivity index (χ3v) is 5.98. The molecule has 0 saturated heterocycles. The van der Waals surface area contributed by atoms with E-state index in [1.54, 1.807) is 12.4 Å². The molecule has 0 spiro atoms. The van der Waals surface area contributed by atoms with Crippen molar-refractivity contribution in [3.8, 4) is 11.3 Å². The number of nitrogens with zero attached hydrogens (tertiary/aromatic N) is 4. The lowest BCUT2D eigenvalue weighted by Gasteiger charge is -2.27. The summed E-state index contributed by atoms with van der Waals surface area (Å²) in [5.41, 5.74) is 5.61. The first-order valence-electron chi connectivity index (χ1n) is 11.0. The highest BCUT2D eigenvalue weighted by Gasteiger charge is 2.28. The molecule has 0 radical (unpaired) electrons. The Kier molecular flexibility index (Phi) is 4.93. The van der Waals surface area contributed by atoms with Gasteiger partial charge < -0.3 is 9.88 Å². The first-order valence-corrected chi connectivity index (χ1v) is 11.0. The molecule has 1 aromatic carbocycles. The molecular weight excluding hydrogens is 398 g/mol. The maximum Gasteiger partial charge on any atom is 0.257 e. The first-order chi connectivity index (χ1) is 15.4. The molecule has 6 heteroatoms. The van der Waals surface area contributed by atoms with Crippen molar-refractivity contribution in [2.75, 3.05) is 13.1 Å². The minimum Gasteiger partial charge on any atom is -0.346 e. The lowest BCUT2D eigenvalue weighted by Crippen LogP contribution is -2.35. The number of benzene rings is 1. The number of aromatic amines is 1. The van der Waals surface area contributed by atoms with Gasteiger partial charge in [0.15, 0.2) is 0 Å². The Labute approximate surface area is 187 Å². The Hall–Kier alpha value is -3.67. The van der Waals surface area contributed by atoms with E-state index in [1.165, 1.54) is 11.1 Å². The van der Waals surface area contributed by atoms with Crippen LogP contribution in [-0.4, -0.2) is 43.6 Å². The van der Waals surface area contributed by atoms with Crippen LogP contribution in [0.4, 0.5) is 0 Å². The standard InChI is InChI=1S/C26H27N5O/c1-26(2,3)31-23(19-8-5-4-6-9-19)22(17-29-31)25(32)30-14-11-18(12-15-30)21-16-28-24-20(21)10-7-13-27-24/h4-11,13,16-17H,12,14-15H2,1-3H3,(H,27,28). The molecular formula is C26H27N5O. The lowest BCUT2D eigenvalue weighted by molar-refractivity contribution is 0.0773. The minimum atomic E-state index is -0.234. The van der Waals surface area contributed by atoms with E-state index >= 15 is 0 Å². The molecule has 162 valence electrons. The van der Waals surface area contributed by atoms with Crippen molar-refractivity contribution in [1.82, 2.24) is 24.6 Å². The first kappa shape index (κ1) is 20.2. The van der Waals surface area contributed by atoms with Crippen LogP contribution < -0.4 is 0 Å². The monoisotopic (exact) mass is 425 g/mol. The number of H-pyrrole nitrogens is 1. The van der Waals surface area contributed by atoms with Gasteiger partial charge in [-0.3, -0.25) is 9.48 Å². The largest absolute Gasteiger partial charge is 0.346 e. The molecule has 0 fully saturated rings. The molecule has 3 aromatic heterocycles. The number of fused-ring (bicyclic) bond motifs is 1. The van der Waals surface area contributed by atoms with Crippen LogP contribution in [0, 0.1) is 0 Å². The molecule has 1 N–H and O–H groups in total. The van der Waals surface area contributed by atoms with Crippen LogP contribution in [0.2, 0.25) is 0 Å². The number of carbonyl (C=O) groups is 1. The highest BCUT2D eigenvalue weighted by atomic mass is 16.2. The summed E-state index contributed by atoms with van der Waals surface area (Å²) in [5, 5.41) is 5.73. The van der Waals surface area contributed by atoms with Gasteiger partial charge in [-0.15, -0.1) is 0 Å². The fraction of sp³-hybridized carbons (Fsp3) is 0.269. The molecule has 0 atom stereocenters. The molecule has 0 saturated carbocycles. The summed E-state index contributed by atoms with van der Waals surface area (Å²) >= 11 is 0. The normalized spacial score (nSPS) is 14.6. The predicted molar refractivity (Wildman–Crippen MR) is 127 cm³/mol. The molecule has 1 amide bonds. The zero-order valence-corrected chi connectivity index (χ0v) is 18.7. The zero-order valence-electron chi connectivity index (χ0n) is 18.7. The van der Waals surface area contributed by atoms with Crippen LogP contribution in [0.5, 0.6) is 0 Å². The van der Waals surface area contributed by atoms with E-state index in [9.17, 15) is 4.79 Å². The van der Waals surface area contributed by atoms with E-state index in [0.29, 0.717) is 18.7 Å². The van der Waals surface area contributed by atoms with E-state index in [1.807, 2.05) is 52.2 Å². The van der Waals surface area contributed by atoms with E-state index in [2.05, 4.69) is 48.0 Å². The molecule has 4 aromatic rings. The summed E-state index contributed by atoms with van der Waals surface area (Å²) in [6.07, 6.45) is 8.50. The van der Waals surface area contributed by atoms with Gasteiger partial charge in [-0.1, -0.05) is 36.4 Å². The minimum absolute atomic E-state index is 0.0234. The predicted octanol–water partition coefficient (Wildman–Crippen LogP) is 5.11. The topological polar surface area (TPSA) is 66.8 Å². The number of rotatable bonds is 3. The number of hydrogen-bond donors (Lipinski definition) is 1. The Morgan fingerprint density at radius 1 is 1.09 bits per heavy atom. The van der Waals surface area contributed by atoms with Gasteiger partial charge in [0.1, 0.15) is 5.65 Å². The molecule has 1 aliphatic rings. The maximum atomic E-state index is 13.6. The molecule has 0 unspecified atom stereocenters. The molecule has 1 aliphatic heterocycles. The maximum absolute atomic E-state index is 13.6. The second kappa shape index (κ2) is 7.79. The van der Waals surface area contributed by atoms with E-state index in [-0.39, 0.29) is 11.4 Å². The molecule has 6 nitrogen and oxygen atoms in total. The van der Waals surface area contributed by atoms with Crippen molar-refractivity contribution in [1.29, 1.82) is 0 Å². The summed E-state index contributed by atoms with van der Waals surface area (Å²) in [4.78, 5) is 23.1. The van der Waals surface area contributed by atoms with Crippen LogP contribution in [-0.2, 0) is 5.54 Å². The summed E-state index contributed by atoms with van der Waals surface area (Å²) < 4.78 is 1.96. The van der Waals surface area contributed by atoms with Crippen molar-refractivity contribution in [2.45, 2.75) is 32.7 Å². The van der Waals surface area contributed by atoms with Crippen LogP contribution in [0.1, 0.15) is 43.1 Å². The van der Waals surface area contributed by atoms with Gasteiger partial charge in [0, 0.05) is 42.0 Å². The van der Waals surface area contributed by atoms with E-state index in [4.69, 9.17) is 0 Å². The van der Waals surface area contributed by atoms with Gasteiger partial charge >= 0.3 is 0 Å². The fourth-order valence-corrected chi connectivity index (χ4v) is 4.38.